The smallest absolute Gasteiger partial charge is 0.255 e. The maximum Gasteiger partial charge on any atom is 0.255 e. The second-order valence-electron chi connectivity index (χ2n) is 10.6. The van der Waals surface area contributed by atoms with Crippen LogP contribution >= 0.6 is 15.9 Å². The van der Waals surface area contributed by atoms with Gasteiger partial charge in [0.2, 0.25) is 5.91 Å². The first kappa shape index (κ1) is 26.1. The van der Waals surface area contributed by atoms with Gasteiger partial charge in [0.1, 0.15) is 5.75 Å². The van der Waals surface area contributed by atoms with Crippen LogP contribution in [0.15, 0.2) is 34.8 Å². The number of piperidine rings is 2. The van der Waals surface area contributed by atoms with E-state index < -0.39 is 11.6 Å². The van der Waals surface area contributed by atoms with Gasteiger partial charge in [-0.25, -0.2) is 8.78 Å². The molecule has 1 saturated carbocycles. The van der Waals surface area contributed by atoms with E-state index in [1.807, 2.05) is 11.8 Å². The van der Waals surface area contributed by atoms with Gasteiger partial charge in [0.25, 0.3) is 5.91 Å². The van der Waals surface area contributed by atoms with E-state index in [1.165, 1.54) is 6.07 Å². The highest BCUT2D eigenvalue weighted by Gasteiger charge is 2.46. The Hall–Kier alpha value is -2.52. The summed E-state index contributed by atoms with van der Waals surface area (Å²) >= 11 is 3.42. The van der Waals surface area contributed by atoms with E-state index in [1.54, 1.807) is 18.2 Å². The standard InChI is InChI=1S/C28H32BrF2N3O3/c1-16-12-26(35)22(15-23(16)29)27(36)32-18-4-8-33(9-5-18)19-6-10-34(11-7-19)28(37)21-14-20(21)17-2-3-24(30)25(31)13-17/h2-3,12-13,15,18-21,35H,4-11,14H2,1H3,(H,32,36). The summed E-state index contributed by atoms with van der Waals surface area (Å²) < 4.78 is 27.6. The van der Waals surface area contributed by atoms with E-state index in [9.17, 15) is 23.5 Å². The molecule has 2 N–H and O–H groups in total. The number of halogens is 3. The van der Waals surface area contributed by atoms with Crippen molar-refractivity contribution in [2.75, 3.05) is 26.2 Å². The van der Waals surface area contributed by atoms with Gasteiger partial charge in [0.05, 0.1) is 5.56 Å². The van der Waals surface area contributed by atoms with Crippen molar-refractivity contribution in [3.05, 3.63) is 63.1 Å². The quantitative estimate of drug-likeness (QED) is 0.540. The molecule has 5 rings (SSSR count). The predicted octanol–water partition coefficient (Wildman–Crippen LogP) is 4.73. The largest absolute Gasteiger partial charge is 0.507 e. The van der Waals surface area contributed by atoms with E-state index in [0.717, 1.165) is 54.9 Å². The fraction of sp³-hybridized carbons (Fsp3) is 0.500. The zero-order valence-corrected chi connectivity index (χ0v) is 22.4. The molecule has 2 atom stereocenters. The van der Waals surface area contributed by atoms with Crippen LogP contribution in [-0.4, -0.2) is 65.0 Å². The molecule has 1 aliphatic carbocycles. The van der Waals surface area contributed by atoms with Gasteiger partial charge in [-0.15, -0.1) is 0 Å². The molecule has 6 nitrogen and oxygen atoms in total. The van der Waals surface area contributed by atoms with Crippen LogP contribution in [-0.2, 0) is 4.79 Å². The van der Waals surface area contributed by atoms with Gasteiger partial charge in [-0.1, -0.05) is 22.0 Å². The molecular weight excluding hydrogens is 544 g/mol. The average Bonchev–Trinajstić information content (AvgIpc) is 3.69. The number of aromatic hydroxyl groups is 1. The molecule has 2 aromatic carbocycles. The highest BCUT2D eigenvalue weighted by molar-refractivity contribution is 9.10. The van der Waals surface area contributed by atoms with Crippen molar-refractivity contribution < 1.29 is 23.5 Å². The molecular formula is C28H32BrF2N3O3. The number of hydrogen-bond donors (Lipinski definition) is 2. The molecule has 2 saturated heterocycles. The zero-order valence-electron chi connectivity index (χ0n) is 20.9. The molecule has 198 valence electrons. The van der Waals surface area contributed by atoms with Crippen molar-refractivity contribution in [3.8, 4) is 5.75 Å². The third-order valence-electron chi connectivity index (χ3n) is 8.16. The number of amides is 2. The van der Waals surface area contributed by atoms with Gasteiger partial charge in [-0.2, -0.15) is 0 Å². The monoisotopic (exact) mass is 575 g/mol. The maximum atomic E-state index is 13.6. The Labute approximate surface area is 224 Å². The van der Waals surface area contributed by atoms with Crippen LogP contribution in [0.1, 0.15) is 59.5 Å². The molecule has 0 aromatic heterocycles. The number of nitrogens with one attached hydrogen (secondary N) is 1. The molecule has 2 amide bonds. The molecule has 3 aliphatic rings. The van der Waals surface area contributed by atoms with Crippen molar-refractivity contribution in [3.63, 3.8) is 0 Å². The molecule has 2 heterocycles. The summed E-state index contributed by atoms with van der Waals surface area (Å²) in [7, 11) is 0. The van der Waals surface area contributed by atoms with E-state index >= 15 is 0 Å². The Balaban J connectivity index is 1.06. The van der Waals surface area contributed by atoms with Gasteiger partial charge < -0.3 is 20.2 Å². The molecule has 3 fully saturated rings. The minimum Gasteiger partial charge on any atom is -0.507 e. The van der Waals surface area contributed by atoms with Crippen LogP contribution in [0.2, 0.25) is 0 Å². The Morgan fingerprint density at radius 3 is 2.38 bits per heavy atom. The zero-order chi connectivity index (χ0) is 26.3. The summed E-state index contributed by atoms with van der Waals surface area (Å²) in [6, 6.07) is 7.66. The van der Waals surface area contributed by atoms with Crippen LogP contribution < -0.4 is 5.32 Å². The van der Waals surface area contributed by atoms with Crippen molar-refractivity contribution in [2.24, 2.45) is 5.92 Å². The van der Waals surface area contributed by atoms with Crippen LogP contribution in [0.25, 0.3) is 0 Å². The topological polar surface area (TPSA) is 72.9 Å². The molecule has 0 radical (unpaired) electrons. The minimum absolute atomic E-state index is 0.0145. The first-order valence-electron chi connectivity index (χ1n) is 13.0. The number of benzene rings is 2. The van der Waals surface area contributed by atoms with E-state index in [4.69, 9.17) is 0 Å². The normalized spacial score (nSPS) is 23.2. The highest BCUT2D eigenvalue weighted by atomic mass is 79.9. The lowest BCUT2D eigenvalue weighted by molar-refractivity contribution is -0.134. The summed E-state index contributed by atoms with van der Waals surface area (Å²) in [5, 5.41) is 13.2. The second-order valence-corrected chi connectivity index (χ2v) is 11.4. The summed E-state index contributed by atoms with van der Waals surface area (Å²) in [5.74, 6) is -2.02. The summed E-state index contributed by atoms with van der Waals surface area (Å²) in [5.41, 5.74) is 1.85. The van der Waals surface area contributed by atoms with E-state index in [0.29, 0.717) is 31.1 Å². The Kier molecular flexibility index (Phi) is 7.54. The number of hydrogen-bond acceptors (Lipinski definition) is 4. The molecule has 0 spiro atoms. The third kappa shape index (κ3) is 5.67. The number of carbonyl (C=O) groups is 2. The third-order valence-corrected chi connectivity index (χ3v) is 9.01. The number of rotatable bonds is 5. The Morgan fingerprint density at radius 1 is 1.00 bits per heavy atom. The molecule has 9 heteroatoms. The van der Waals surface area contributed by atoms with Gasteiger partial charge in [-0.05, 0) is 80.3 Å². The maximum absolute atomic E-state index is 13.6. The number of aryl methyl sites for hydroxylation is 1. The predicted molar refractivity (Wildman–Crippen MR) is 139 cm³/mol. The molecule has 2 aromatic rings. The molecule has 0 bridgehead atoms. The minimum atomic E-state index is -0.862. The summed E-state index contributed by atoms with van der Waals surface area (Å²) in [6.45, 7) is 5.05. The summed E-state index contributed by atoms with van der Waals surface area (Å²) in [4.78, 5) is 30.1. The van der Waals surface area contributed by atoms with E-state index in [2.05, 4.69) is 26.1 Å². The molecule has 2 aliphatic heterocycles. The van der Waals surface area contributed by atoms with Crippen LogP contribution in [0.3, 0.4) is 0 Å². The second kappa shape index (κ2) is 10.7. The SMILES string of the molecule is Cc1cc(O)c(C(=O)NC2CCN(C3CCN(C(=O)C4CC4c4ccc(F)c(F)c4)CC3)CC2)cc1Br. The number of phenolic OH excluding ortho intramolecular Hbond substituents is 1. The lowest BCUT2D eigenvalue weighted by Crippen LogP contribution is -2.52. The van der Waals surface area contributed by atoms with E-state index in [-0.39, 0.29) is 41.0 Å². The number of nitrogens with zero attached hydrogens (tertiary/aromatic N) is 2. The van der Waals surface area contributed by atoms with Crippen molar-refractivity contribution in [1.82, 2.24) is 15.1 Å². The first-order chi connectivity index (χ1) is 17.7. The Morgan fingerprint density at radius 2 is 1.70 bits per heavy atom. The number of phenols is 1. The van der Waals surface area contributed by atoms with Crippen molar-refractivity contribution in [2.45, 2.75) is 57.0 Å². The van der Waals surface area contributed by atoms with Gasteiger partial charge in [0.15, 0.2) is 11.6 Å². The lowest BCUT2D eigenvalue weighted by Gasteiger charge is -2.42. The van der Waals surface area contributed by atoms with Crippen LogP contribution in [0, 0.1) is 24.5 Å². The highest BCUT2D eigenvalue weighted by Crippen LogP contribution is 2.49. The molecule has 37 heavy (non-hydrogen) atoms. The van der Waals surface area contributed by atoms with Crippen molar-refractivity contribution in [1.29, 1.82) is 0 Å². The van der Waals surface area contributed by atoms with Crippen molar-refractivity contribution >= 4 is 27.7 Å². The Bertz CT molecular complexity index is 1190. The molecule has 2 unspecified atom stereocenters. The van der Waals surface area contributed by atoms with Crippen LogP contribution in [0.4, 0.5) is 8.78 Å². The number of carbonyl (C=O) groups excluding carboxylic acids is 2. The number of likely N-dealkylation sites (tertiary alicyclic amines) is 2. The fourth-order valence-corrected chi connectivity index (χ4v) is 6.13. The lowest BCUT2D eigenvalue weighted by atomic mass is 9.97. The van der Waals surface area contributed by atoms with Gasteiger partial charge in [-0.3, -0.25) is 9.59 Å². The van der Waals surface area contributed by atoms with Gasteiger partial charge in [0, 0.05) is 48.7 Å². The first-order valence-corrected chi connectivity index (χ1v) is 13.8. The summed E-state index contributed by atoms with van der Waals surface area (Å²) in [6.07, 6.45) is 4.21. The average molecular weight is 576 g/mol. The van der Waals surface area contributed by atoms with Gasteiger partial charge >= 0.3 is 0 Å². The van der Waals surface area contributed by atoms with Crippen LogP contribution in [0.5, 0.6) is 5.75 Å². The fourth-order valence-electron chi connectivity index (χ4n) is 5.79.